The van der Waals surface area contributed by atoms with E-state index in [4.69, 9.17) is 30.5 Å². The molecule has 2 aliphatic heterocycles. The number of anilines is 1. The van der Waals surface area contributed by atoms with Gasteiger partial charge in [0.2, 0.25) is 11.7 Å². The van der Waals surface area contributed by atoms with Crippen LogP contribution in [0.15, 0.2) is 59.7 Å². The zero-order chi connectivity index (χ0) is 21.8. The number of nitrogens with one attached hydrogen (secondary N) is 1. The molecule has 7 nitrogen and oxygen atoms in total. The van der Waals surface area contributed by atoms with Crippen molar-refractivity contribution in [1.29, 1.82) is 0 Å². The van der Waals surface area contributed by atoms with Crippen LogP contribution in [-0.4, -0.2) is 31.6 Å². The Morgan fingerprint density at radius 2 is 1.97 bits per heavy atom. The van der Waals surface area contributed by atoms with E-state index in [2.05, 4.69) is 5.32 Å². The van der Waals surface area contributed by atoms with E-state index in [0.29, 0.717) is 41.0 Å². The lowest BCUT2D eigenvalue weighted by Crippen LogP contribution is -2.16. The third-order valence-corrected chi connectivity index (χ3v) is 4.80. The number of benzene rings is 2. The number of hydrogen-bond donors (Lipinski definition) is 1. The maximum atomic E-state index is 13.0. The number of ketones is 1. The minimum atomic E-state index is -0.758. The molecule has 31 heavy (non-hydrogen) atoms. The van der Waals surface area contributed by atoms with Crippen molar-refractivity contribution in [3.05, 3.63) is 70.3 Å². The summed E-state index contributed by atoms with van der Waals surface area (Å²) in [7, 11) is 0. The second-order valence-electron chi connectivity index (χ2n) is 6.74. The van der Waals surface area contributed by atoms with E-state index >= 15 is 0 Å². The standard InChI is InChI=1S/C23H20ClNO6/c1-2-28-23(27)19-20(26)17(31-22(19)25-15-7-4-3-5-8-15)12-14-11-16(24)21-18(13-14)29-9-6-10-30-21/h3-5,7-8,11-13,25H,2,6,9-10H2,1H3. The number of para-hydroxylation sites is 1. The van der Waals surface area contributed by atoms with Crippen LogP contribution >= 0.6 is 11.6 Å². The van der Waals surface area contributed by atoms with Crippen LogP contribution in [0.25, 0.3) is 6.08 Å². The Morgan fingerprint density at radius 1 is 1.19 bits per heavy atom. The lowest BCUT2D eigenvalue weighted by molar-refractivity contribution is -0.139. The first-order valence-electron chi connectivity index (χ1n) is 9.83. The molecule has 160 valence electrons. The molecule has 0 saturated carbocycles. The molecule has 0 bridgehead atoms. The smallest absolute Gasteiger partial charge is 0.347 e. The van der Waals surface area contributed by atoms with Gasteiger partial charge >= 0.3 is 5.97 Å². The molecule has 0 radical (unpaired) electrons. The maximum Gasteiger partial charge on any atom is 0.347 e. The highest BCUT2D eigenvalue weighted by Gasteiger charge is 2.37. The van der Waals surface area contributed by atoms with Gasteiger partial charge in [0, 0.05) is 12.1 Å². The Bertz CT molecular complexity index is 1080. The van der Waals surface area contributed by atoms with Crippen molar-refractivity contribution in [2.45, 2.75) is 13.3 Å². The molecule has 0 unspecified atom stereocenters. The number of fused-ring (bicyclic) bond motifs is 1. The van der Waals surface area contributed by atoms with Gasteiger partial charge in [-0.1, -0.05) is 29.8 Å². The molecule has 2 aromatic rings. The number of ether oxygens (including phenoxy) is 4. The molecule has 2 aliphatic rings. The summed E-state index contributed by atoms with van der Waals surface area (Å²) in [5.41, 5.74) is 1.03. The van der Waals surface area contributed by atoms with Crippen LogP contribution in [0.3, 0.4) is 0 Å². The largest absolute Gasteiger partial charge is 0.489 e. The number of hydrogen-bond acceptors (Lipinski definition) is 7. The van der Waals surface area contributed by atoms with Gasteiger partial charge in [0.05, 0.1) is 24.8 Å². The number of esters is 1. The zero-order valence-electron chi connectivity index (χ0n) is 16.8. The number of halogens is 1. The Hall–Kier alpha value is -3.45. The summed E-state index contributed by atoms with van der Waals surface area (Å²) in [4.78, 5) is 25.4. The van der Waals surface area contributed by atoms with Gasteiger partial charge in [0.15, 0.2) is 22.8 Å². The highest BCUT2D eigenvalue weighted by atomic mass is 35.5. The van der Waals surface area contributed by atoms with Crippen LogP contribution in [0.4, 0.5) is 5.69 Å². The first-order valence-corrected chi connectivity index (χ1v) is 10.2. The number of allylic oxidation sites excluding steroid dienone is 1. The van der Waals surface area contributed by atoms with Crippen molar-refractivity contribution in [1.82, 2.24) is 0 Å². The third kappa shape index (κ3) is 4.51. The van der Waals surface area contributed by atoms with E-state index in [-0.39, 0.29) is 23.8 Å². The molecule has 4 rings (SSSR count). The molecule has 0 aliphatic carbocycles. The second kappa shape index (κ2) is 9.14. The Balaban J connectivity index is 1.67. The average molecular weight is 442 g/mol. The summed E-state index contributed by atoms with van der Waals surface area (Å²) >= 11 is 6.34. The van der Waals surface area contributed by atoms with Gasteiger partial charge < -0.3 is 24.3 Å². The van der Waals surface area contributed by atoms with Crippen LogP contribution in [0.5, 0.6) is 11.5 Å². The van der Waals surface area contributed by atoms with Crippen LogP contribution in [0, 0.1) is 0 Å². The SMILES string of the molecule is CCOC(=O)C1=C(Nc2ccccc2)OC(=Cc2cc(Cl)c3c(c2)OCCCO3)C1=O. The number of carbonyl (C=O) groups is 2. The van der Waals surface area contributed by atoms with Crippen LogP contribution in [0.2, 0.25) is 5.02 Å². The van der Waals surface area contributed by atoms with Gasteiger partial charge in [0.1, 0.15) is 0 Å². The molecule has 0 atom stereocenters. The van der Waals surface area contributed by atoms with E-state index in [1.807, 2.05) is 18.2 Å². The van der Waals surface area contributed by atoms with Gasteiger partial charge in [0.25, 0.3) is 0 Å². The number of carbonyl (C=O) groups excluding carboxylic acids is 2. The number of Topliss-reactive ketones (excluding diaryl/α,β-unsaturated/α-hetero) is 1. The maximum absolute atomic E-state index is 13.0. The molecule has 0 amide bonds. The fraction of sp³-hybridized carbons (Fsp3) is 0.217. The lowest BCUT2D eigenvalue weighted by Gasteiger charge is -2.10. The summed E-state index contributed by atoms with van der Waals surface area (Å²) in [5, 5.41) is 3.33. The van der Waals surface area contributed by atoms with Gasteiger partial charge in [-0.15, -0.1) is 0 Å². The predicted octanol–water partition coefficient (Wildman–Crippen LogP) is 4.33. The minimum Gasteiger partial charge on any atom is -0.489 e. The van der Waals surface area contributed by atoms with Crippen molar-refractivity contribution in [2.24, 2.45) is 0 Å². The summed E-state index contributed by atoms with van der Waals surface area (Å²) in [5.74, 6) is -0.403. The topological polar surface area (TPSA) is 83.1 Å². The summed E-state index contributed by atoms with van der Waals surface area (Å²) in [6.45, 7) is 2.80. The van der Waals surface area contributed by atoms with Crippen molar-refractivity contribution in [3.63, 3.8) is 0 Å². The predicted molar refractivity (Wildman–Crippen MR) is 115 cm³/mol. The van der Waals surface area contributed by atoms with Gasteiger partial charge in [-0.3, -0.25) is 4.79 Å². The molecule has 0 saturated heterocycles. The average Bonchev–Trinajstić information content (AvgIpc) is 2.91. The fourth-order valence-electron chi connectivity index (χ4n) is 3.14. The van der Waals surface area contributed by atoms with E-state index in [9.17, 15) is 9.59 Å². The number of rotatable bonds is 5. The zero-order valence-corrected chi connectivity index (χ0v) is 17.5. The van der Waals surface area contributed by atoms with Crippen molar-refractivity contribution >= 4 is 35.1 Å². The first-order chi connectivity index (χ1) is 15.1. The lowest BCUT2D eigenvalue weighted by atomic mass is 10.1. The molecular formula is C23H20ClNO6. The Labute approximate surface area is 184 Å². The Morgan fingerprint density at radius 3 is 2.74 bits per heavy atom. The van der Waals surface area contributed by atoms with Crippen LogP contribution < -0.4 is 14.8 Å². The quantitative estimate of drug-likeness (QED) is 0.420. The molecule has 2 aromatic carbocycles. The molecule has 0 spiro atoms. The first kappa shape index (κ1) is 20.8. The summed E-state index contributed by atoms with van der Waals surface area (Å²) < 4.78 is 22.1. The normalized spacial score (nSPS) is 16.7. The fourth-order valence-corrected chi connectivity index (χ4v) is 3.42. The molecule has 0 fully saturated rings. The van der Waals surface area contributed by atoms with E-state index in [0.717, 1.165) is 6.42 Å². The van der Waals surface area contributed by atoms with Crippen LogP contribution in [0.1, 0.15) is 18.9 Å². The molecular weight excluding hydrogens is 422 g/mol. The Kier molecular flexibility index (Phi) is 6.13. The highest BCUT2D eigenvalue weighted by Crippen LogP contribution is 2.39. The molecule has 8 heteroatoms. The molecule has 1 N–H and O–H groups in total. The van der Waals surface area contributed by atoms with Gasteiger partial charge in [-0.05, 0) is 42.8 Å². The van der Waals surface area contributed by atoms with Crippen molar-refractivity contribution < 1.29 is 28.5 Å². The molecule has 0 aromatic heterocycles. The van der Waals surface area contributed by atoms with Gasteiger partial charge in [-0.2, -0.15) is 0 Å². The van der Waals surface area contributed by atoms with Crippen molar-refractivity contribution in [2.75, 3.05) is 25.1 Å². The van der Waals surface area contributed by atoms with E-state index < -0.39 is 11.8 Å². The minimum absolute atomic E-state index is 0.0151. The van der Waals surface area contributed by atoms with Crippen molar-refractivity contribution in [3.8, 4) is 11.5 Å². The van der Waals surface area contributed by atoms with Crippen LogP contribution in [-0.2, 0) is 19.1 Å². The third-order valence-electron chi connectivity index (χ3n) is 4.52. The monoisotopic (exact) mass is 441 g/mol. The summed E-state index contributed by atoms with van der Waals surface area (Å²) in [6, 6.07) is 12.4. The van der Waals surface area contributed by atoms with Gasteiger partial charge in [-0.25, -0.2) is 4.79 Å². The second-order valence-corrected chi connectivity index (χ2v) is 7.14. The molecule has 2 heterocycles. The highest BCUT2D eigenvalue weighted by molar-refractivity contribution is 6.32. The van der Waals surface area contributed by atoms with E-state index in [1.165, 1.54) is 6.08 Å². The summed E-state index contributed by atoms with van der Waals surface area (Å²) in [6.07, 6.45) is 2.24. The van der Waals surface area contributed by atoms with E-state index in [1.54, 1.807) is 31.2 Å².